The molecule has 0 spiro atoms. The van der Waals surface area contributed by atoms with E-state index in [2.05, 4.69) is 0 Å². The zero-order valence-corrected chi connectivity index (χ0v) is 20.8. The number of amides is 4. The van der Waals surface area contributed by atoms with E-state index in [0.717, 1.165) is 4.90 Å². The first-order valence-electron chi connectivity index (χ1n) is 11.8. The zero-order valence-electron chi connectivity index (χ0n) is 20.8. The summed E-state index contributed by atoms with van der Waals surface area (Å²) in [6.07, 6.45) is -2.69. The van der Waals surface area contributed by atoms with Crippen molar-refractivity contribution in [3.05, 3.63) is 24.0 Å². The highest BCUT2D eigenvalue weighted by molar-refractivity contribution is 5.94. The number of hydrogen-bond donors (Lipinski definition) is 0. The minimum atomic E-state index is -0.798. The predicted octanol–water partition coefficient (Wildman–Crippen LogP) is 2.85. The molecule has 0 aromatic heterocycles. The van der Waals surface area contributed by atoms with E-state index in [1.54, 1.807) is 44.7 Å². The van der Waals surface area contributed by atoms with Crippen molar-refractivity contribution < 1.29 is 33.0 Å². The van der Waals surface area contributed by atoms with Crippen molar-refractivity contribution in [1.29, 1.82) is 0 Å². The number of anilines is 2. The Balaban J connectivity index is 1.69. The summed E-state index contributed by atoms with van der Waals surface area (Å²) in [5, 5.41) is 0. The van der Waals surface area contributed by atoms with E-state index in [0.29, 0.717) is 37.6 Å². The molecule has 1 aromatic rings. The molecular weight excluding hydrogens is 459 g/mol. The lowest BCUT2D eigenvalue weighted by molar-refractivity contribution is -0.134. The van der Waals surface area contributed by atoms with Crippen molar-refractivity contribution in [3.63, 3.8) is 0 Å². The van der Waals surface area contributed by atoms with E-state index in [-0.39, 0.29) is 19.0 Å². The molecule has 1 aromatic carbocycles. The molecule has 2 fully saturated rings. The van der Waals surface area contributed by atoms with Gasteiger partial charge in [0.05, 0.1) is 30.6 Å². The number of hydrogen-bond acceptors (Lipinski definition) is 7. The summed E-state index contributed by atoms with van der Waals surface area (Å²) in [6, 6.07) is 4.49. The number of benzene rings is 1. The maximum atomic E-state index is 15.0. The van der Waals surface area contributed by atoms with E-state index < -0.39 is 42.0 Å². The van der Waals surface area contributed by atoms with Crippen molar-refractivity contribution in [2.75, 3.05) is 49.1 Å². The maximum absolute atomic E-state index is 15.0. The van der Waals surface area contributed by atoms with Crippen LogP contribution in [0.5, 0.6) is 0 Å². The van der Waals surface area contributed by atoms with Crippen LogP contribution in [0, 0.1) is 11.7 Å². The number of nitrogens with zero attached hydrogens (tertiary/aromatic N) is 4. The van der Waals surface area contributed by atoms with Crippen LogP contribution in [-0.2, 0) is 19.1 Å². The van der Waals surface area contributed by atoms with Crippen LogP contribution in [0.4, 0.5) is 25.4 Å². The molecule has 35 heavy (non-hydrogen) atoms. The summed E-state index contributed by atoms with van der Waals surface area (Å²) in [5.41, 5.74) is 0.707. The van der Waals surface area contributed by atoms with Gasteiger partial charge in [-0.1, -0.05) is 13.8 Å². The van der Waals surface area contributed by atoms with Gasteiger partial charge < -0.3 is 19.3 Å². The van der Waals surface area contributed by atoms with E-state index in [1.807, 2.05) is 4.90 Å². The van der Waals surface area contributed by atoms with E-state index in [4.69, 9.17) is 9.47 Å². The Morgan fingerprint density at radius 3 is 2.34 bits per heavy atom. The number of carbonyl (C=O) groups is 4. The van der Waals surface area contributed by atoms with Gasteiger partial charge in [-0.3, -0.25) is 14.5 Å². The topological polar surface area (TPSA) is 99.7 Å². The average Bonchev–Trinajstić information content (AvgIpc) is 3.16. The highest BCUT2D eigenvalue weighted by Gasteiger charge is 2.37. The molecule has 0 N–H and O–H groups in total. The van der Waals surface area contributed by atoms with Crippen LogP contribution in [0.15, 0.2) is 18.2 Å². The lowest BCUT2D eigenvalue weighted by Crippen LogP contribution is -2.48. The number of imide groups is 1. The van der Waals surface area contributed by atoms with Crippen LogP contribution in [0.25, 0.3) is 0 Å². The lowest BCUT2D eigenvalue weighted by Gasteiger charge is -2.35. The maximum Gasteiger partial charge on any atom is 0.416 e. The third-order valence-corrected chi connectivity index (χ3v) is 5.89. The molecule has 2 aliphatic rings. The second-order valence-electron chi connectivity index (χ2n) is 9.28. The lowest BCUT2D eigenvalue weighted by atomic mass is 10.2. The Kier molecular flexibility index (Phi) is 8.18. The molecule has 4 amide bonds. The fourth-order valence-corrected chi connectivity index (χ4v) is 4.04. The van der Waals surface area contributed by atoms with Crippen LogP contribution in [-0.4, -0.2) is 85.3 Å². The second-order valence-corrected chi connectivity index (χ2v) is 9.28. The third kappa shape index (κ3) is 6.20. The van der Waals surface area contributed by atoms with Gasteiger partial charge in [0, 0.05) is 39.0 Å². The first-order chi connectivity index (χ1) is 16.5. The summed E-state index contributed by atoms with van der Waals surface area (Å²) in [5.74, 6) is -1.40. The van der Waals surface area contributed by atoms with Gasteiger partial charge in [0.15, 0.2) is 0 Å². The Bertz CT molecular complexity index is 977. The van der Waals surface area contributed by atoms with Crippen LogP contribution < -0.4 is 9.80 Å². The molecule has 0 radical (unpaired) electrons. The van der Waals surface area contributed by atoms with Gasteiger partial charge in [0.2, 0.25) is 11.8 Å². The van der Waals surface area contributed by atoms with Crippen molar-refractivity contribution in [1.82, 2.24) is 9.80 Å². The molecule has 2 heterocycles. The largest absolute Gasteiger partial charge is 0.446 e. The van der Waals surface area contributed by atoms with Gasteiger partial charge >= 0.3 is 12.2 Å². The summed E-state index contributed by atoms with van der Waals surface area (Å²) < 4.78 is 25.5. The molecule has 0 aliphatic carbocycles. The molecule has 2 aliphatic heterocycles. The minimum Gasteiger partial charge on any atom is -0.446 e. The molecule has 11 heteroatoms. The number of carbonyl (C=O) groups excluding carboxylic acids is 4. The number of ether oxygens (including phenoxy) is 2. The zero-order chi connectivity index (χ0) is 25.9. The Hall–Kier alpha value is -3.37. The Labute approximate surface area is 204 Å². The third-order valence-electron chi connectivity index (χ3n) is 5.89. The summed E-state index contributed by atoms with van der Waals surface area (Å²) >= 11 is 0. The minimum absolute atomic E-state index is 0.00584. The van der Waals surface area contributed by atoms with E-state index in [9.17, 15) is 23.6 Å². The molecule has 3 rings (SSSR count). The molecule has 192 valence electrons. The molecule has 0 saturated carbocycles. The quantitative estimate of drug-likeness (QED) is 0.602. The summed E-state index contributed by atoms with van der Waals surface area (Å²) in [4.78, 5) is 54.9. The molecule has 1 atom stereocenters. The smallest absolute Gasteiger partial charge is 0.416 e. The highest BCUT2D eigenvalue weighted by Crippen LogP contribution is 2.29. The van der Waals surface area contributed by atoms with E-state index in [1.165, 1.54) is 17.9 Å². The van der Waals surface area contributed by atoms with Crippen LogP contribution >= 0.6 is 0 Å². The Morgan fingerprint density at radius 1 is 1.14 bits per heavy atom. The van der Waals surface area contributed by atoms with E-state index >= 15 is 0 Å². The molecule has 0 unspecified atom stereocenters. The van der Waals surface area contributed by atoms with Gasteiger partial charge in [-0.25, -0.2) is 18.9 Å². The van der Waals surface area contributed by atoms with Crippen molar-refractivity contribution in [3.8, 4) is 0 Å². The van der Waals surface area contributed by atoms with Crippen molar-refractivity contribution >= 4 is 35.4 Å². The number of halogens is 1. The second kappa shape index (κ2) is 10.9. The SMILES string of the molecule is CC(=O)N1CCN(c2ccc(N3C[C@H](CN(C(=O)OC(C)C)C(=O)C(C)C)OC3=O)cc2F)CC1. The monoisotopic (exact) mass is 492 g/mol. The Morgan fingerprint density at radius 2 is 1.80 bits per heavy atom. The number of cyclic esters (lactones) is 1. The van der Waals surface area contributed by atoms with Crippen molar-refractivity contribution in [2.24, 2.45) is 5.92 Å². The van der Waals surface area contributed by atoms with Gasteiger partial charge in [0.1, 0.15) is 11.9 Å². The fraction of sp³-hybridized carbons (Fsp3) is 0.583. The first-order valence-corrected chi connectivity index (χ1v) is 11.8. The van der Waals surface area contributed by atoms with Crippen LogP contribution in [0.1, 0.15) is 34.6 Å². The van der Waals surface area contributed by atoms with Gasteiger partial charge in [-0.05, 0) is 32.0 Å². The highest BCUT2D eigenvalue weighted by atomic mass is 19.1. The number of rotatable bonds is 6. The van der Waals surface area contributed by atoms with Gasteiger partial charge in [0.25, 0.3) is 0 Å². The molecule has 0 bridgehead atoms. The molecule has 10 nitrogen and oxygen atoms in total. The van der Waals surface area contributed by atoms with Crippen LogP contribution in [0.3, 0.4) is 0 Å². The first kappa shape index (κ1) is 26.2. The number of piperazine rings is 1. The standard InChI is InChI=1S/C24H33FN4O6/c1-15(2)22(31)29(24(33)34-16(3)4)14-19-13-28(23(32)35-19)18-6-7-21(20(25)12-18)27-10-8-26(9-11-27)17(5)30/h6-7,12,15-16,19H,8-11,13-14H2,1-5H3/t19-/m1/s1. The predicted molar refractivity (Wildman–Crippen MR) is 127 cm³/mol. The van der Waals surface area contributed by atoms with Gasteiger partial charge in [-0.15, -0.1) is 0 Å². The van der Waals surface area contributed by atoms with Gasteiger partial charge in [-0.2, -0.15) is 0 Å². The molecular formula is C24H33FN4O6. The molecule has 2 saturated heterocycles. The summed E-state index contributed by atoms with van der Waals surface area (Å²) in [6.45, 7) is 10.1. The van der Waals surface area contributed by atoms with Crippen LogP contribution in [0.2, 0.25) is 0 Å². The van der Waals surface area contributed by atoms with Crippen molar-refractivity contribution in [2.45, 2.75) is 46.8 Å². The summed E-state index contributed by atoms with van der Waals surface area (Å²) in [7, 11) is 0. The fourth-order valence-electron chi connectivity index (χ4n) is 4.04. The average molecular weight is 493 g/mol. The normalized spacial score (nSPS) is 18.2.